The number of aromatic nitrogens is 2. The zero-order valence-electron chi connectivity index (χ0n) is 16.4. The predicted octanol–water partition coefficient (Wildman–Crippen LogP) is 3.89. The number of benzene rings is 2. The molecule has 6 nitrogen and oxygen atoms in total. The van der Waals surface area contributed by atoms with E-state index in [1.807, 2.05) is 54.6 Å². The van der Waals surface area contributed by atoms with Crippen LogP contribution in [0, 0.1) is 11.8 Å². The fourth-order valence-electron chi connectivity index (χ4n) is 3.22. The molecule has 150 valence electrons. The first kappa shape index (κ1) is 19.8. The van der Waals surface area contributed by atoms with Crippen LogP contribution in [0.4, 0.5) is 5.69 Å². The number of hydrogen-bond acceptors (Lipinski definition) is 4. The molecule has 4 rings (SSSR count). The second-order valence-corrected chi connectivity index (χ2v) is 6.73. The van der Waals surface area contributed by atoms with Crippen molar-refractivity contribution < 1.29 is 14.7 Å². The monoisotopic (exact) mass is 407 g/mol. The number of nitrogens with zero attached hydrogens (tertiary/aromatic N) is 3. The van der Waals surface area contributed by atoms with Crippen molar-refractivity contribution in [1.82, 2.24) is 9.97 Å². The molecular weight excluding hydrogens is 390 g/mol. The van der Waals surface area contributed by atoms with Crippen molar-refractivity contribution in [3.05, 3.63) is 102 Å². The van der Waals surface area contributed by atoms with Gasteiger partial charge in [0.15, 0.2) is 0 Å². The zero-order chi connectivity index (χ0) is 21.6. The van der Waals surface area contributed by atoms with E-state index < -0.39 is 5.97 Å². The third kappa shape index (κ3) is 4.41. The number of carboxylic acid groups (broad SMARTS) is 1. The SMILES string of the molecule is O=CN(Cc1cccc2cccnc12)c1ccccc1C#Cc1ccc(C(=O)O)nc1. The summed E-state index contributed by atoms with van der Waals surface area (Å²) >= 11 is 0. The molecule has 0 saturated heterocycles. The number of rotatable bonds is 5. The Morgan fingerprint density at radius 1 is 0.968 bits per heavy atom. The van der Waals surface area contributed by atoms with Crippen LogP contribution in [-0.4, -0.2) is 27.5 Å². The third-order valence-corrected chi connectivity index (χ3v) is 4.72. The van der Waals surface area contributed by atoms with Gasteiger partial charge in [0.05, 0.1) is 17.7 Å². The summed E-state index contributed by atoms with van der Waals surface area (Å²) in [5.41, 5.74) is 3.67. The number of amides is 1. The molecule has 0 saturated carbocycles. The van der Waals surface area contributed by atoms with Crippen LogP contribution in [0.5, 0.6) is 0 Å². The van der Waals surface area contributed by atoms with Crippen molar-refractivity contribution in [2.24, 2.45) is 0 Å². The molecule has 1 amide bonds. The number of anilines is 1. The normalized spacial score (nSPS) is 10.2. The summed E-state index contributed by atoms with van der Waals surface area (Å²) in [6.07, 6.45) is 3.93. The van der Waals surface area contributed by atoms with E-state index in [9.17, 15) is 9.59 Å². The van der Waals surface area contributed by atoms with Gasteiger partial charge >= 0.3 is 5.97 Å². The minimum absolute atomic E-state index is 0.0400. The highest BCUT2D eigenvalue weighted by Crippen LogP contribution is 2.23. The molecule has 6 heteroatoms. The number of para-hydroxylation sites is 2. The molecule has 0 bridgehead atoms. The number of carbonyl (C=O) groups excluding carboxylic acids is 1. The van der Waals surface area contributed by atoms with E-state index >= 15 is 0 Å². The molecule has 0 atom stereocenters. The average molecular weight is 407 g/mol. The maximum absolute atomic E-state index is 12.0. The number of carboxylic acids is 1. The topological polar surface area (TPSA) is 83.4 Å². The Balaban J connectivity index is 1.65. The van der Waals surface area contributed by atoms with Gasteiger partial charge in [-0.25, -0.2) is 9.78 Å². The van der Waals surface area contributed by atoms with E-state index in [4.69, 9.17) is 5.11 Å². The Kier molecular flexibility index (Phi) is 5.68. The predicted molar refractivity (Wildman–Crippen MR) is 118 cm³/mol. The van der Waals surface area contributed by atoms with Gasteiger partial charge in [0.1, 0.15) is 5.69 Å². The van der Waals surface area contributed by atoms with Gasteiger partial charge in [-0.05, 0) is 35.9 Å². The van der Waals surface area contributed by atoms with Gasteiger partial charge < -0.3 is 10.0 Å². The maximum Gasteiger partial charge on any atom is 0.354 e. The van der Waals surface area contributed by atoms with Crippen LogP contribution in [0.1, 0.15) is 27.2 Å². The molecule has 2 heterocycles. The van der Waals surface area contributed by atoms with Gasteiger partial charge in [-0.2, -0.15) is 0 Å². The minimum Gasteiger partial charge on any atom is -0.477 e. The van der Waals surface area contributed by atoms with Crippen LogP contribution in [0.2, 0.25) is 0 Å². The van der Waals surface area contributed by atoms with E-state index in [1.165, 1.54) is 12.3 Å². The lowest BCUT2D eigenvalue weighted by Crippen LogP contribution is -2.21. The summed E-state index contributed by atoms with van der Waals surface area (Å²) in [5, 5.41) is 9.96. The van der Waals surface area contributed by atoms with Gasteiger partial charge in [-0.3, -0.25) is 9.78 Å². The first-order valence-electron chi connectivity index (χ1n) is 9.50. The molecule has 31 heavy (non-hydrogen) atoms. The van der Waals surface area contributed by atoms with Crippen LogP contribution in [0.3, 0.4) is 0 Å². The second-order valence-electron chi connectivity index (χ2n) is 6.73. The largest absolute Gasteiger partial charge is 0.477 e. The summed E-state index contributed by atoms with van der Waals surface area (Å²) in [7, 11) is 0. The van der Waals surface area contributed by atoms with E-state index in [1.54, 1.807) is 17.2 Å². The third-order valence-electron chi connectivity index (χ3n) is 4.72. The molecule has 1 N–H and O–H groups in total. The number of carbonyl (C=O) groups is 2. The van der Waals surface area contributed by atoms with Gasteiger partial charge in [-0.1, -0.05) is 48.2 Å². The molecule has 2 aromatic heterocycles. The molecule has 0 fully saturated rings. The molecule has 0 radical (unpaired) electrons. The Morgan fingerprint density at radius 3 is 2.58 bits per heavy atom. The first-order chi connectivity index (χ1) is 15.2. The van der Waals surface area contributed by atoms with Crippen LogP contribution in [0.25, 0.3) is 10.9 Å². The van der Waals surface area contributed by atoms with Gasteiger partial charge in [0, 0.05) is 28.9 Å². The summed E-state index contributed by atoms with van der Waals surface area (Å²) < 4.78 is 0. The summed E-state index contributed by atoms with van der Waals surface area (Å²) in [4.78, 5) is 32.8. The second kappa shape index (κ2) is 8.89. The standard InChI is InChI=1S/C25H17N3O3/c29-17-28(16-21-7-3-6-20-8-4-14-26-24(20)21)23-9-2-1-5-19(23)12-10-18-11-13-22(25(30)31)27-15-18/h1-9,11,13-15,17H,16H2,(H,30,31). The van der Waals surface area contributed by atoms with Crippen molar-refractivity contribution in [3.8, 4) is 11.8 Å². The van der Waals surface area contributed by atoms with Crippen LogP contribution in [0.15, 0.2) is 79.1 Å². The molecule has 0 aliphatic rings. The number of fused-ring (bicyclic) bond motifs is 1. The van der Waals surface area contributed by atoms with E-state index in [-0.39, 0.29) is 5.69 Å². The van der Waals surface area contributed by atoms with E-state index in [0.717, 1.165) is 22.9 Å². The van der Waals surface area contributed by atoms with Crippen molar-refractivity contribution >= 4 is 29.0 Å². The lowest BCUT2D eigenvalue weighted by atomic mass is 10.1. The number of hydrogen-bond donors (Lipinski definition) is 1. The quantitative estimate of drug-likeness (QED) is 0.401. The zero-order valence-corrected chi connectivity index (χ0v) is 16.4. The molecular formula is C25H17N3O3. The molecule has 0 spiro atoms. The molecule has 0 unspecified atom stereocenters. The van der Waals surface area contributed by atoms with Crippen molar-refractivity contribution in [2.45, 2.75) is 6.54 Å². The van der Waals surface area contributed by atoms with Crippen LogP contribution < -0.4 is 4.90 Å². The fourth-order valence-corrected chi connectivity index (χ4v) is 3.22. The van der Waals surface area contributed by atoms with Gasteiger partial charge in [0.25, 0.3) is 0 Å². The fraction of sp³-hybridized carbons (Fsp3) is 0.0400. The Hall–Kier alpha value is -4.50. The van der Waals surface area contributed by atoms with Gasteiger partial charge in [0.2, 0.25) is 6.41 Å². The highest BCUT2D eigenvalue weighted by molar-refractivity contribution is 5.85. The summed E-state index contributed by atoms with van der Waals surface area (Å²) in [6, 6.07) is 20.1. The summed E-state index contributed by atoms with van der Waals surface area (Å²) in [5.74, 6) is 4.95. The lowest BCUT2D eigenvalue weighted by molar-refractivity contribution is -0.107. The highest BCUT2D eigenvalue weighted by atomic mass is 16.4. The van der Waals surface area contributed by atoms with Crippen molar-refractivity contribution in [3.63, 3.8) is 0 Å². The smallest absolute Gasteiger partial charge is 0.354 e. The molecule has 4 aromatic rings. The minimum atomic E-state index is -1.09. The van der Waals surface area contributed by atoms with Gasteiger partial charge in [-0.15, -0.1) is 0 Å². The average Bonchev–Trinajstić information content (AvgIpc) is 2.82. The first-order valence-corrected chi connectivity index (χ1v) is 9.50. The molecule has 0 aliphatic carbocycles. The highest BCUT2D eigenvalue weighted by Gasteiger charge is 2.12. The molecule has 0 aliphatic heterocycles. The number of aromatic carboxylic acids is 1. The Labute approximate surface area is 178 Å². The Morgan fingerprint density at radius 2 is 1.81 bits per heavy atom. The van der Waals surface area contributed by atoms with Crippen LogP contribution >= 0.6 is 0 Å². The van der Waals surface area contributed by atoms with E-state index in [2.05, 4.69) is 21.8 Å². The summed E-state index contributed by atoms with van der Waals surface area (Å²) in [6.45, 7) is 0.353. The Bertz CT molecular complexity index is 1320. The van der Waals surface area contributed by atoms with E-state index in [0.29, 0.717) is 23.4 Å². The molecule has 2 aromatic carbocycles. The number of pyridine rings is 2. The van der Waals surface area contributed by atoms with Crippen molar-refractivity contribution in [1.29, 1.82) is 0 Å². The lowest BCUT2D eigenvalue weighted by Gasteiger charge is -2.20. The van der Waals surface area contributed by atoms with Crippen molar-refractivity contribution in [2.75, 3.05) is 4.90 Å². The van der Waals surface area contributed by atoms with Crippen LogP contribution in [-0.2, 0) is 11.3 Å². The maximum atomic E-state index is 12.0.